The van der Waals surface area contributed by atoms with E-state index in [4.69, 9.17) is 0 Å². The maximum atomic E-state index is 2.47. The molecular weight excluding hydrogens is 839 g/mol. The lowest BCUT2D eigenvalue weighted by atomic mass is 9.88. The van der Waals surface area contributed by atoms with Crippen LogP contribution in [0.5, 0.6) is 0 Å². The van der Waals surface area contributed by atoms with Gasteiger partial charge in [-0.2, -0.15) is 0 Å². The molecule has 13 aromatic rings. The molecule has 1 heterocycles. The predicted molar refractivity (Wildman–Crippen MR) is 294 cm³/mol. The second kappa shape index (κ2) is 16.7. The lowest BCUT2D eigenvalue weighted by molar-refractivity contribution is 1.30. The third-order valence-electron chi connectivity index (χ3n) is 13.7. The molecule has 12 aromatic carbocycles. The zero-order valence-electron chi connectivity index (χ0n) is 37.2. The molecule has 1 aromatic heterocycles. The molecule has 1 nitrogen and oxygen atoms in total. The van der Waals surface area contributed by atoms with E-state index in [0.717, 1.165) is 17.1 Å². The summed E-state index contributed by atoms with van der Waals surface area (Å²) in [6.45, 7) is 0. The quantitative estimate of drug-likeness (QED) is 0.147. The minimum absolute atomic E-state index is 1.09. The fraction of sp³-hybridized carbons (Fsp3) is 0. The average molecular weight is 882 g/mol. The zero-order valence-corrected chi connectivity index (χ0v) is 38.0. The summed E-state index contributed by atoms with van der Waals surface area (Å²) in [6, 6.07) is 95.7. The Bertz CT molecular complexity index is 4010. The second-order valence-corrected chi connectivity index (χ2v) is 18.6. The Hall–Kier alpha value is -8.56. The highest BCUT2D eigenvalue weighted by atomic mass is 32.1. The molecule has 0 amide bonds. The van der Waals surface area contributed by atoms with Crippen molar-refractivity contribution in [3.05, 3.63) is 261 Å². The zero-order chi connectivity index (χ0) is 45.0. The molecule has 0 atom stereocenters. The van der Waals surface area contributed by atoms with Crippen molar-refractivity contribution in [2.45, 2.75) is 0 Å². The van der Waals surface area contributed by atoms with Gasteiger partial charge >= 0.3 is 0 Å². The summed E-state index contributed by atoms with van der Waals surface area (Å²) >= 11 is 1.89. The van der Waals surface area contributed by atoms with E-state index in [2.05, 4.69) is 266 Å². The number of benzene rings is 12. The first-order chi connectivity index (χ1) is 33.7. The van der Waals surface area contributed by atoms with Gasteiger partial charge in [0.15, 0.2) is 0 Å². The summed E-state index contributed by atoms with van der Waals surface area (Å²) in [4.78, 5) is 2.47. The van der Waals surface area contributed by atoms with Gasteiger partial charge in [0.25, 0.3) is 0 Å². The van der Waals surface area contributed by atoms with Gasteiger partial charge in [-0.1, -0.05) is 224 Å². The minimum Gasteiger partial charge on any atom is -0.310 e. The smallest absolute Gasteiger partial charge is 0.0555 e. The molecule has 0 aliphatic rings. The lowest BCUT2D eigenvalue weighted by Crippen LogP contribution is -2.10. The maximum absolute atomic E-state index is 2.47. The number of hydrogen-bond acceptors (Lipinski definition) is 2. The lowest BCUT2D eigenvalue weighted by Gasteiger charge is -2.27. The van der Waals surface area contributed by atoms with Crippen molar-refractivity contribution < 1.29 is 0 Å². The molecule has 0 bridgehead atoms. The summed E-state index contributed by atoms with van der Waals surface area (Å²) in [5, 5.41) is 10.0. The van der Waals surface area contributed by atoms with Crippen LogP contribution in [0.15, 0.2) is 261 Å². The van der Waals surface area contributed by atoms with Crippen molar-refractivity contribution in [3.63, 3.8) is 0 Å². The predicted octanol–water partition coefficient (Wildman–Crippen LogP) is 19.3. The number of hydrogen-bond donors (Lipinski definition) is 0. The van der Waals surface area contributed by atoms with E-state index < -0.39 is 0 Å². The van der Waals surface area contributed by atoms with Crippen LogP contribution in [0.25, 0.3) is 108 Å². The van der Waals surface area contributed by atoms with E-state index in [0.29, 0.717) is 0 Å². The Morgan fingerprint density at radius 3 is 1.21 bits per heavy atom. The van der Waals surface area contributed by atoms with E-state index in [1.165, 1.54) is 108 Å². The molecular formula is C66H43NS. The van der Waals surface area contributed by atoms with Crippen molar-refractivity contribution in [1.82, 2.24) is 0 Å². The summed E-state index contributed by atoms with van der Waals surface area (Å²) < 4.78 is 2.56. The molecule has 0 aliphatic carbocycles. The third kappa shape index (κ3) is 6.77. The Morgan fingerprint density at radius 1 is 0.250 bits per heavy atom. The van der Waals surface area contributed by atoms with Crippen LogP contribution in [0.4, 0.5) is 17.1 Å². The molecule has 0 spiro atoms. The molecule has 318 valence electrons. The van der Waals surface area contributed by atoms with Crippen molar-refractivity contribution in [1.29, 1.82) is 0 Å². The fourth-order valence-corrected chi connectivity index (χ4v) is 11.8. The normalized spacial score (nSPS) is 11.5. The van der Waals surface area contributed by atoms with Gasteiger partial charge in [-0.05, 0) is 119 Å². The van der Waals surface area contributed by atoms with Crippen LogP contribution in [0.2, 0.25) is 0 Å². The van der Waals surface area contributed by atoms with Crippen LogP contribution in [-0.4, -0.2) is 0 Å². The first-order valence-electron chi connectivity index (χ1n) is 23.3. The van der Waals surface area contributed by atoms with Gasteiger partial charge in [0.1, 0.15) is 0 Å². The molecule has 0 fully saturated rings. The monoisotopic (exact) mass is 881 g/mol. The third-order valence-corrected chi connectivity index (χ3v) is 14.9. The van der Waals surface area contributed by atoms with E-state index in [1.807, 2.05) is 11.3 Å². The molecule has 0 saturated carbocycles. The van der Waals surface area contributed by atoms with Crippen molar-refractivity contribution >= 4 is 80.9 Å². The number of anilines is 3. The molecule has 0 aliphatic heterocycles. The van der Waals surface area contributed by atoms with Crippen molar-refractivity contribution in [3.8, 4) is 55.6 Å². The van der Waals surface area contributed by atoms with Gasteiger partial charge in [-0.15, -0.1) is 11.3 Å². The standard InChI is InChI=1S/C66H43NS/c1-4-22-51-44(16-1)19-13-30-52(51)47-34-38-49(39-35-47)67(63-43-42-61(58-32-15-21-46-18-3-6-24-54(46)58)66-65(63)62-29-11-12-33-64(62)68-66)50-40-36-48(37-41-50)55-25-7-8-26-56(55)59-27-9-10-28-60(59)57-31-14-20-45-17-2-5-23-53(45)57/h1-43H. The first kappa shape index (κ1) is 39.8. The van der Waals surface area contributed by atoms with E-state index in [9.17, 15) is 0 Å². The highest BCUT2D eigenvalue weighted by Crippen LogP contribution is 2.50. The molecule has 68 heavy (non-hydrogen) atoms. The Kier molecular flexibility index (Phi) is 9.77. The van der Waals surface area contributed by atoms with Gasteiger partial charge < -0.3 is 4.90 Å². The number of thiophene rings is 1. The van der Waals surface area contributed by atoms with Gasteiger partial charge in [0.05, 0.1) is 5.69 Å². The Balaban J connectivity index is 0.981. The van der Waals surface area contributed by atoms with E-state index >= 15 is 0 Å². The van der Waals surface area contributed by atoms with E-state index in [-0.39, 0.29) is 0 Å². The van der Waals surface area contributed by atoms with Gasteiger partial charge in [0.2, 0.25) is 0 Å². The molecule has 2 heteroatoms. The molecule has 0 saturated heterocycles. The highest BCUT2D eigenvalue weighted by molar-refractivity contribution is 7.26. The van der Waals surface area contributed by atoms with E-state index in [1.54, 1.807) is 0 Å². The average Bonchev–Trinajstić information content (AvgIpc) is 3.81. The molecule has 0 N–H and O–H groups in total. The van der Waals surface area contributed by atoms with Crippen LogP contribution < -0.4 is 4.90 Å². The number of nitrogens with zero attached hydrogens (tertiary/aromatic N) is 1. The SMILES string of the molecule is c1ccc(-c2ccccc2-c2cccc3ccccc23)c(-c2ccc(N(c3ccc(-c4cccc5ccccc45)cc3)c3ccc(-c4cccc5ccccc45)c4sc5ccccc5c34)cc2)c1. The van der Waals surface area contributed by atoms with Crippen molar-refractivity contribution in [2.75, 3.05) is 4.90 Å². The number of rotatable bonds is 8. The van der Waals surface area contributed by atoms with Crippen LogP contribution in [0.3, 0.4) is 0 Å². The van der Waals surface area contributed by atoms with Crippen LogP contribution in [-0.2, 0) is 0 Å². The van der Waals surface area contributed by atoms with Gasteiger partial charge in [0, 0.05) is 37.1 Å². The largest absolute Gasteiger partial charge is 0.310 e. The Labute approximate surface area is 400 Å². The highest BCUT2D eigenvalue weighted by Gasteiger charge is 2.23. The van der Waals surface area contributed by atoms with Crippen LogP contribution in [0, 0.1) is 0 Å². The first-order valence-corrected chi connectivity index (χ1v) is 24.1. The topological polar surface area (TPSA) is 3.24 Å². The summed E-state index contributed by atoms with van der Waals surface area (Å²) in [6.07, 6.45) is 0. The Morgan fingerprint density at radius 2 is 0.632 bits per heavy atom. The molecule has 0 unspecified atom stereocenters. The fourth-order valence-electron chi connectivity index (χ4n) is 10.5. The second-order valence-electron chi connectivity index (χ2n) is 17.5. The van der Waals surface area contributed by atoms with Gasteiger partial charge in [-0.3, -0.25) is 0 Å². The number of fused-ring (bicyclic) bond motifs is 6. The molecule has 13 rings (SSSR count). The van der Waals surface area contributed by atoms with Crippen LogP contribution >= 0.6 is 11.3 Å². The summed E-state index contributed by atoms with van der Waals surface area (Å²) in [7, 11) is 0. The van der Waals surface area contributed by atoms with Crippen LogP contribution in [0.1, 0.15) is 0 Å². The maximum Gasteiger partial charge on any atom is 0.0555 e. The van der Waals surface area contributed by atoms with Gasteiger partial charge in [-0.25, -0.2) is 0 Å². The summed E-state index contributed by atoms with van der Waals surface area (Å²) in [5.74, 6) is 0. The minimum atomic E-state index is 1.09. The molecule has 0 radical (unpaired) electrons. The summed E-state index contributed by atoms with van der Waals surface area (Å²) in [5.41, 5.74) is 15.5. The van der Waals surface area contributed by atoms with Crippen molar-refractivity contribution in [2.24, 2.45) is 0 Å².